The topological polar surface area (TPSA) is 101 Å². The Kier molecular flexibility index (Phi) is 5.84. The molecule has 0 spiro atoms. The number of aliphatic carboxylic acids is 1. The highest BCUT2D eigenvalue weighted by molar-refractivity contribution is 7.89. The van der Waals surface area contributed by atoms with Crippen molar-refractivity contribution in [2.45, 2.75) is 37.1 Å². The third-order valence-corrected chi connectivity index (χ3v) is 4.23. The number of hydrogen-bond donors (Lipinski definition) is 2. The van der Waals surface area contributed by atoms with Crippen molar-refractivity contribution in [3.8, 4) is 0 Å². The molecule has 2 N–H and O–H groups in total. The van der Waals surface area contributed by atoms with E-state index in [-0.39, 0.29) is 17.7 Å². The first kappa shape index (κ1) is 16.3. The van der Waals surface area contributed by atoms with Crippen LogP contribution >= 0.6 is 0 Å². The van der Waals surface area contributed by atoms with Gasteiger partial charge in [0.15, 0.2) is 0 Å². The monoisotopic (exact) mass is 299 g/mol. The molecule has 0 aliphatic heterocycles. The molecule has 1 unspecified atom stereocenters. The van der Waals surface area contributed by atoms with Crippen LogP contribution in [0, 0.1) is 6.92 Å². The maximum atomic E-state index is 12.0. The molecule has 0 amide bonds. The van der Waals surface area contributed by atoms with E-state index in [9.17, 15) is 18.0 Å². The van der Waals surface area contributed by atoms with Crippen molar-refractivity contribution in [3.05, 3.63) is 29.8 Å². The maximum absolute atomic E-state index is 12.0. The molecular formula is C13H17NO5S. The summed E-state index contributed by atoms with van der Waals surface area (Å²) >= 11 is 0. The Morgan fingerprint density at radius 2 is 1.95 bits per heavy atom. The SMILES string of the molecule is Cc1ccc(S(=O)(=O)NC(CCCC=O)C(=O)O)cc1. The van der Waals surface area contributed by atoms with Gasteiger partial charge in [-0.2, -0.15) is 4.72 Å². The van der Waals surface area contributed by atoms with Crippen LogP contribution in [0.15, 0.2) is 29.2 Å². The van der Waals surface area contributed by atoms with Crippen molar-refractivity contribution in [3.63, 3.8) is 0 Å². The molecule has 0 bridgehead atoms. The number of carbonyl (C=O) groups excluding carboxylic acids is 1. The van der Waals surface area contributed by atoms with Crippen molar-refractivity contribution in [1.82, 2.24) is 4.72 Å². The third-order valence-electron chi connectivity index (χ3n) is 2.74. The van der Waals surface area contributed by atoms with Crippen LogP contribution in [0.4, 0.5) is 0 Å². The van der Waals surface area contributed by atoms with Gasteiger partial charge in [0, 0.05) is 6.42 Å². The molecule has 7 heteroatoms. The normalized spacial score (nSPS) is 12.8. The standard InChI is InChI=1S/C13H17NO5S/c1-10-5-7-11(8-6-10)20(18,19)14-12(13(16)17)4-2-3-9-15/h5-9,12,14H,2-4H2,1H3,(H,16,17). The van der Waals surface area contributed by atoms with E-state index in [4.69, 9.17) is 5.11 Å². The number of nitrogens with one attached hydrogen (secondary N) is 1. The van der Waals surface area contributed by atoms with E-state index in [1.165, 1.54) is 12.1 Å². The number of carboxylic acids is 1. The second kappa shape index (κ2) is 7.16. The van der Waals surface area contributed by atoms with E-state index >= 15 is 0 Å². The lowest BCUT2D eigenvalue weighted by Gasteiger charge is -2.14. The van der Waals surface area contributed by atoms with E-state index in [0.717, 1.165) is 5.56 Å². The van der Waals surface area contributed by atoms with Gasteiger partial charge < -0.3 is 9.90 Å². The highest BCUT2D eigenvalue weighted by Crippen LogP contribution is 2.12. The number of hydrogen-bond acceptors (Lipinski definition) is 4. The predicted octanol–water partition coefficient (Wildman–Crippen LogP) is 1.10. The van der Waals surface area contributed by atoms with Gasteiger partial charge >= 0.3 is 5.97 Å². The summed E-state index contributed by atoms with van der Waals surface area (Å²) in [6, 6.07) is 4.87. The summed E-state index contributed by atoms with van der Waals surface area (Å²) < 4.78 is 26.2. The molecule has 0 aromatic heterocycles. The zero-order valence-corrected chi connectivity index (χ0v) is 11.9. The molecule has 6 nitrogen and oxygen atoms in total. The van der Waals surface area contributed by atoms with Crippen LogP contribution in [-0.4, -0.2) is 31.8 Å². The fourth-order valence-electron chi connectivity index (χ4n) is 1.61. The smallest absolute Gasteiger partial charge is 0.321 e. The minimum Gasteiger partial charge on any atom is -0.480 e. The molecule has 1 rings (SSSR count). The summed E-state index contributed by atoms with van der Waals surface area (Å²) in [6.45, 7) is 1.82. The molecule has 20 heavy (non-hydrogen) atoms. The van der Waals surface area contributed by atoms with Crippen LogP contribution in [0.25, 0.3) is 0 Å². The summed E-state index contributed by atoms with van der Waals surface area (Å²) in [5, 5.41) is 9.01. The van der Waals surface area contributed by atoms with E-state index in [2.05, 4.69) is 4.72 Å². The number of aryl methyl sites for hydroxylation is 1. The van der Waals surface area contributed by atoms with Gasteiger partial charge in [-0.1, -0.05) is 17.7 Å². The minimum atomic E-state index is -3.88. The second-order valence-corrected chi connectivity index (χ2v) is 6.14. The number of rotatable bonds is 8. The van der Waals surface area contributed by atoms with Crippen LogP contribution < -0.4 is 4.72 Å². The van der Waals surface area contributed by atoms with Gasteiger partial charge in [-0.15, -0.1) is 0 Å². The van der Waals surface area contributed by atoms with E-state index in [0.29, 0.717) is 12.7 Å². The number of sulfonamides is 1. The maximum Gasteiger partial charge on any atom is 0.321 e. The first-order valence-electron chi connectivity index (χ1n) is 6.12. The van der Waals surface area contributed by atoms with Gasteiger partial charge in [0.2, 0.25) is 10.0 Å². The molecule has 110 valence electrons. The Bertz CT molecular complexity index is 565. The number of unbranched alkanes of at least 4 members (excludes halogenated alkanes) is 1. The van der Waals surface area contributed by atoms with Gasteiger partial charge in [0.1, 0.15) is 12.3 Å². The van der Waals surface area contributed by atoms with Crippen molar-refractivity contribution < 1.29 is 23.1 Å². The number of carbonyl (C=O) groups is 2. The van der Waals surface area contributed by atoms with Gasteiger partial charge in [0.25, 0.3) is 0 Å². The minimum absolute atomic E-state index is 0.0183. The van der Waals surface area contributed by atoms with Crippen LogP contribution in [0.2, 0.25) is 0 Å². The Labute approximate surface area is 117 Å². The fourth-order valence-corrected chi connectivity index (χ4v) is 2.83. The Morgan fingerprint density at radius 3 is 2.45 bits per heavy atom. The average Bonchev–Trinajstić information content (AvgIpc) is 2.38. The quantitative estimate of drug-likeness (QED) is 0.553. The van der Waals surface area contributed by atoms with Crippen molar-refractivity contribution in [2.75, 3.05) is 0 Å². The lowest BCUT2D eigenvalue weighted by Crippen LogP contribution is -2.40. The number of aldehydes is 1. The highest BCUT2D eigenvalue weighted by atomic mass is 32.2. The summed E-state index contributed by atoms with van der Waals surface area (Å²) in [6.07, 6.45) is 1.26. The largest absolute Gasteiger partial charge is 0.480 e. The van der Waals surface area contributed by atoms with Crippen molar-refractivity contribution >= 4 is 22.3 Å². The van der Waals surface area contributed by atoms with Crippen molar-refractivity contribution in [1.29, 1.82) is 0 Å². The zero-order valence-electron chi connectivity index (χ0n) is 11.1. The molecule has 1 atom stereocenters. The molecule has 1 aromatic rings. The summed E-state index contributed by atoms with van der Waals surface area (Å²) in [5.41, 5.74) is 0.907. The van der Waals surface area contributed by atoms with Gasteiger partial charge in [-0.25, -0.2) is 8.42 Å². The number of carboxylic acid groups (broad SMARTS) is 1. The molecule has 0 radical (unpaired) electrons. The first-order chi connectivity index (χ1) is 9.36. The summed E-state index contributed by atoms with van der Waals surface area (Å²) in [4.78, 5) is 21.3. The van der Waals surface area contributed by atoms with Crippen LogP contribution in [0.1, 0.15) is 24.8 Å². The fraction of sp³-hybridized carbons (Fsp3) is 0.385. The molecule has 0 aliphatic carbocycles. The second-order valence-electron chi connectivity index (χ2n) is 4.42. The van der Waals surface area contributed by atoms with Gasteiger partial charge in [0.05, 0.1) is 4.90 Å². The Morgan fingerprint density at radius 1 is 1.35 bits per heavy atom. The number of benzene rings is 1. The zero-order chi connectivity index (χ0) is 15.2. The molecule has 0 saturated carbocycles. The lowest BCUT2D eigenvalue weighted by atomic mass is 10.1. The first-order valence-corrected chi connectivity index (χ1v) is 7.60. The van der Waals surface area contributed by atoms with Crippen LogP contribution in [-0.2, 0) is 19.6 Å². The van der Waals surface area contributed by atoms with Crippen molar-refractivity contribution in [2.24, 2.45) is 0 Å². The predicted molar refractivity (Wildman–Crippen MR) is 72.8 cm³/mol. The lowest BCUT2D eigenvalue weighted by molar-refractivity contribution is -0.139. The highest BCUT2D eigenvalue weighted by Gasteiger charge is 2.24. The van der Waals surface area contributed by atoms with E-state index in [1.54, 1.807) is 12.1 Å². The van der Waals surface area contributed by atoms with Gasteiger partial charge in [-0.05, 0) is 31.9 Å². The van der Waals surface area contributed by atoms with Crippen LogP contribution in [0.5, 0.6) is 0 Å². The molecule has 0 saturated heterocycles. The molecule has 0 aliphatic rings. The molecule has 1 aromatic carbocycles. The molecule has 0 heterocycles. The van der Waals surface area contributed by atoms with Crippen LogP contribution in [0.3, 0.4) is 0 Å². The Balaban J connectivity index is 2.83. The summed E-state index contributed by atoms with van der Waals surface area (Å²) in [5.74, 6) is -1.26. The summed E-state index contributed by atoms with van der Waals surface area (Å²) in [7, 11) is -3.88. The van der Waals surface area contributed by atoms with E-state index in [1.807, 2.05) is 6.92 Å². The molecular weight excluding hydrogens is 282 g/mol. The molecule has 0 fully saturated rings. The van der Waals surface area contributed by atoms with E-state index < -0.39 is 22.0 Å². The van der Waals surface area contributed by atoms with Gasteiger partial charge in [-0.3, -0.25) is 4.79 Å². The Hall–Kier alpha value is -1.73. The third kappa shape index (κ3) is 4.75. The average molecular weight is 299 g/mol.